The van der Waals surface area contributed by atoms with Crippen molar-refractivity contribution >= 4 is 33.8 Å². The maximum absolute atomic E-state index is 11.8. The third-order valence-electron chi connectivity index (χ3n) is 2.85. The van der Waals surface area contributed by atoms with Crippen LogP contribution in [0.2, 0.25) is 0 Å². The lowest BCUT2D eigenvalue weighted by atomic mass is 10.2. The Kier molecular flexibility index (Phi) is 5.87. The van der Waals surface area contributed by atoms with Crippen molar-refractivity contribution < 1.29 is 14.3 Å². The number of nitrogens with zero attached hydrogens (tertiary/aromatic N) is 1. The standard InChI is InChI=1S/C16H14BrN3O3/c1-23-14-4-3-13(17)10-12(14)2-5-15(21)19-20-16(22)11-6-8-18-9-7-11/h2-10H,1H3,(H,19,21)(H,20,22)/b5-2+. The molecule has 1 aromatic carbocycles. The number of hydrogen-bond acceptors (Lipinski definition) is 4. The normalized spacial score (nSPS) is 10.3. The van der Waals surface area contributed by atoms with Crippen molar-refractivity contribution in [2.45, 2.75) is 0 Å². The lowest BCUT2D eigenvalue weighted by Crippen LogP contribution is -2.40. The van der Waals surface area contributed by atoms with E-state index in [2.05, 4.69) is 31.8 Å². The molecule has 0 saturated heterocycles. The van der Waals surface area contributed by atoms with E-state index in [-0.39, 0.29) is 0 Å². The number of hydrogen-bond donors (Lipinski definition) is 2. The fourth-order valence-corrected chi connectivity index (χ4v) is 2.12. The summed E-state index contributed by atoms with van der Waals surface area (Å²) in [5, 5.41) is 0. The first-order valence-electron chi connectivity index (χ1n) is 6.62. The van der Waals surface area contributed by atoms with Gasteiger partial charge in [0, 0.05) is 34.1 Å². The van der Waals surface area contributed by atoms with Gasteiger partial charge < -0.3 is 4.74 Å². The molecule has 2 amide bonds. The van der Waals surface area contributed by atoms with Gasteiger partial charge in [-0.05, 0) is 36.4 Å². The van der Waals surface area contributed by atoms with Gasteiger partial charge in [-0.2, -0.15) is 0 Å². The van der Waals surface area contributed by atoms with Crippen molar-refractivity contribution in [1.82, 2.24) is 15.8 Å². The van der Waals surface area contributed by atoms with Crippen LogP contribution in [-0.4, -0.2) is 23.9 Å². The van der Waals surface area contributed by atoms with Gasteiger partial charge in [-0.25, -0.2) is 0 Å². The fraction of sp³-hybridized carbons (Fsp3) is 0.0625. The molecule has 1 heterocycles. The molecule has 0 bridgehead atoms. The minimum absolute atomic E-state index is 0.401. The van der Waals surface area contributed by atoms with Crippen LogP contribution in [-0.2, 0) is 4.79 Å². The highest BCUT2D eigenvalue weighted by Crippen LogP contribution is 2.23. The number of hydrazine groups is 1. The summed E-state index contributed by atoms with van der Waals surface area (Å²) in [4.78, 5) is 27.3. The molecule has 1 aromatic heterocycles. The number of benzene rings is 1. The van der Waals surface area contributed by atoms with Crippen LogP contribution < -0.4 is 15.6 Å². The minimum atomic E-state index is -0.463. The molecule has 0 atom stereocenters. The second-order valence-electron chi connectivity index (χ2n) is 4.40. The largest absolute Gasteiger partial charge is 0.496 e. The molecule has 2 aromatic rings. The van der Waals surface area contributed by atoms with Crippen molar-refractivity contribution in [3.8, 4) is 5.75 Å². The van der Waals surface area contributed by atoms with Crippen LogP contribution >= 0.6 is 15.9 Å². The highest BCUT2D eigenvalue weighted by atomic mass is 79.9. The summed E-state index contributed by atoms with van der Waals surface area (Å²) in [6, 6.07) is 8.53. The van der Waals surface area contributed by atoms with Crippen LogP contribution in [0.3, 0.4) is 0 Å². The van der Waals surface area contributed by atoms with Gasteiger partial charge >= 0.3 is 0 Å². The number of carbonyl (C=O) groups is 2. The van der Waals surface area contributed by atoms with Gasteiger partial charge in [0.25, 0.3) is 11.8 Å². The number of carbonyl (C=O) groups excluding carboxylic acids is 2. The van der Waals surface area contributed by atoms with Gasteiger partial charge in [0.05, 0.1) is 7.11 Å². The summed E-state index contributed by atoms with van der Waals surface area (Å²) in [7, 11) is 1.55. The van der Waals surface area contributed by atoms with E-state index in [4.69, 9.17) is 4.74 Å². The SMILES string of the molecule is COc1ccc(Br)cc1/C=C/C(=O)NNC(=O)c1ccncc1. The molecule has 0 saturated carbocycles. The summed E-state index contributed by atoms with van der Waals surface area (Å²) in [6.45, 7) is 0. The average Bonchev–Trinajstić information content (AvgIpc) is 2.58. The quantitative estimate of drug-likeness (QED) is 0.634. The van der Waals surface area contributed by atoms with Crippen molar-refractivity contribution in [1.29, 1.82) is 0 Å². The highest BCUT2D eigenvalue weighted by molar-refractivity contribution is 9.10. The predicted molar refractivity (Wildman–Crippen MR) is 89.6 cm³/mol. The Hall–Kier alpha value is -2.67. The van der Waals surface area contributed by atoms with E-state index in [0.29, 0.717) is 11.3 Å². The van der Waals surface area contributed by atoms with Gasteiger partial charge in [0.1, 0.15) is 5.75 Å². The fourth-order valence-electron chi connectivity index (χ4n) is 1.74. The molecule has 0 fully saturated rings. The number of methoxy groups -OCH3 is 1. The number of ether oxygens (including phenoxy) is 1. The Morgan fingerprint density at radius 1 is 1.17 bits per heavy atom. The summed E-state index contributed by atoms with van der Waals surface area (Å²) < 4.78 is 6.07. The van der Waals surface area contributed by atoms with Gasteiger partial charge in [0.2, 0.25) is 0 Å². The van der Waals surface area contributed by atoms with E-state index in [1.807, 2.05) is 12.1 Å². The summed E-state index contributed by atoms with van der Waals surface area (Å²) in [6.07, 6.45) is 5.89. The Morgan fingerprint density at radius 2 is 1.91 bits per heavy atom. The number of aromatic nitrogens is 1. The molecule has 2 rings (SSSR count). The second kappa shape index (κ2) is 8.09. The molecule has 0 radical (unpaired) electrons. The summed E-state index contributed by atoms with van der Waals surface area (Å²) >= 11 is 3.36. The van der Waals surface area contributed by atoms with Gasteiger partial charge in [0.15, 0.2) is 0 Å². The van der Waals surface area contributed by atoms with Gasteiger partial charge in [-0.3, -0.25) is 25.4 Å². The van der Waals surface area contributed by atoms with Crippen LogP contribution in [0.4, 0.5) is 0 Å². The van der Waals surface area contributed by atoms with Crippen LogP contribution in [0.15, 0.2) is 53.3 Å². The monoisotopic (exact) mass is 375 g/mol. The van der Waals surface area contributed by atoms with Gasteiger partial charge in [-0.1, -0.05) is 15.9 Å². The third kappa shape index (κ3) is 4.93. The molecular weight excluding hydrogens is 362 g/mol. The molecule has 23 heavy (non-hydrogen) atoms. The Labute approximate surface area is 141 Å². The van der Waals surface area contributed by atoms with Crippen LogP contribution in [0.1, 0.15) is 15.9 Å². The van der Waals surface area contributed by atoms with E-state index in [0.717, 1.165) is 10.0 Å². The van der Waals surface area contributed by atoms with Crippen molar-refractivity contribution in [3.05, 3.63) is 64.4 Å². The Morgan fingerprint density at radius 3 is 2.61 bits per heavy atom. The van der Waals surface area contributed by atoms with Crippen molar-refractivity contribution in [3.63, 3.8) is 0 Å². The zero-order chi connectivity index (χ0) is 16.7. The lowest BCUT2D eigenvalue weighted by molar-refractivity contribution is -0.117. The average molecular weight is 376 g/mol. The van der Waals surface area contributed by atoms with E-state index in [9.17, 15) is 9.59 Å². The molecule has 0 aliphatic rings. The first kappa shape index (κ1) is 16.7. The van der Waals surface area contributed by atoms with Gasteiger partial charge in [-0.15, -0.1) is 0 Å². The van der Waals surface area contributed by atoms with Crippen molar-refractivity contribution in [2.24, 2.45) is 0 Å². The topological polar surface area (TPSA) is 80.3 Å². The molecule has 0 unspecified atom stereocenters. The molecule has 0 aliphatic carbocycles. The Bertz CT molecular complexity index is 733. The molecule has 2 N–H and O–H groups in total. The maximum atomic E-state index is 11.8. The summed E-state index contributed by atoms with van der Waals surface area (Å²) in [5.41, 5.74) is 5.76. The predicted octanol–water partition coefficient (Wildman–Crippen LogP) is 2.33. The first-order valence-corrected chi connectivity index (χ1v) is 7.41. The summed E-state index contributed by atoms with van der Waals surface area (Å²) in [5.74, 6) is -0.248. The molecule has 6 nitrogen and oxygen atoms in total. The molecule has 0 aliphatic heterocycles. The van der Waals surface area contributed by atoms with E-state index >= 15 is 0 Å². The van der Waals surface area contributed by atoms with E-state index in [1.165, 1.54) is 18.5 Å². The second-order valence-corrected chi connectivity index (χ2v) is 5.31. The molecular formula is C16H14BrN3O3. The molecule has 0 spiro atoms. The lowest BCUT2D eigenvalue weighted by Gasteiger charge is -2.06. The Balaban J connectivity index is 1.95. The van der Waals surface area contributed by atoms with Crippen LogP contribution in [0.25, 0.3) is 6.08 Å². The van der Waals surface area contributed by atoms with Crippen LogP contribution in [0.5, 0.6) is 5.75 Å². The van der Waals surface area contributed by atoms with Crippen LogP contribution in [0, 0.1) is 0 Å². The third-order valence-corrected chi connectivity index (χ3v) is 3.34. The number of pyridine rings is 1. The van der Waals surface area contributed by atoms with E-state index in [1.54, 1.807) is 31.4 Å². The number of rotatable bonds is 4. The highest BCUT2D eigenvalue weighted by Gasteiger charge is 2.05. The zero-order valence-corrected chi connectivity index (χ0v) is 13.8. The molecule has 118 valence electrons. The van der Waals surface area contributed by atoms with Crippen molar-refractivity contribution in [2.75, 3.05) is 7.11 Å². The number of halogens is 1. The number of amides is 2. The minimum Gasteiger partial charge on any atom is -0.496 e. The number of nitrogens with one attached hydrogen (secondary N) is 2. The van der Waals surface area contributed by atoms with E-state index < -0.39 is 11.8 Å². The maximum Gasteiger partial charge on any atom is 0.269 e. The first-order chi connectivity index (χ1) is 11.1. The smallest absolute Gasteiger partial charge is 0.269 e. The zero-order valence-electron chi connectivity index (χ0n) is 12.2. The molecule has 7 heteroatoms.